The van der Waals surface area contributed by atoms with Crippen molar-refractivity contribution in [2.45, 2.75) is 0 Å². The van der Waals surface area contributed by atoms with Crippen LogP contribution in [-0.2, 0) is 4.79 Å². The molecule has 0 spiro atoms. The molecular weight excluding hydrogens is 248 g/mol. The van der Waals surface area contributed by atoms with Crippen LogP contribution in [0.1, 0.15) is 5.56 Å². The Balaban J connectivity index is 2.14. The summed E-state index contributed by atoms with van der Waals surface area (Å²) in [4.78, 5) is 11.4. The summed E-state index contributed by atoms with van der Waals surface area (Å²) in [6.45, 7) is 0. The molecule has 18 heavy (non-hydrogen) atoms. The monoisotopic (exact) mass is 260 g/mol. The highest BCUT2D eigenvalue weighted by atomic mass is 32.1. The van der Waals surface area contributed by atoms with Gasteiger partial charge in [-0.25, -0.2) is 0 Å². The van der Waals surface area contributed by atoms with Gasteiger partial charge in [-0.15, -0.1) is 0 Å². The fraction of sp³-hybridized carbons (Fsp3) is 0.0769. The van der Waals surface area contributed by atoms with Gasteiger partial charge in [0.2, 0.25) is 0 Å². The molecule has 0 bridgehead atoms. The molecule has 1 aromatic rings. The minimum Gasteiger partial charge on any atom is -0.496 e. The van der Waals surface area contributed by atoms with Gasteiger partial charge >= 0.3 is 0 Å². The molecule has 1 aliphatic heterocycles. The van der Waals surface area contributed by atoms with Crippen LogP contribution in [0.25, 0.3) is 6.08 Å². The van der Waals surface area contributed by atoms with E-state index in [-0.39, 0.29) is 5.91 Å². The number of nitrogens with one attached hydrogen (secondary N) is 2. The summed E-state index contributed by atoms with van der Waals surface area (Å²) in [6.07, 6.45) is 5.30. The third kappa shape index (κ3) is 2.75. The van der Waals surface area contributed by atoms with E-state index in [0.29, 0.717) is 10.8 Å². The number of thiocarbonyl (C=S) groups is 1. The Hall–Kier alpha value is -2.14. The van der Waals surface area contributed by atoms with E-state index in [1.807, 2.05) is 30.3 Å². The highest BCUT2D eigenvalue weighted by Gasteiger charge is 2.18. The molecule has 1 amide bonds. The molecule has 1 heterocycles. The van der Waals surface area contributed by atoms with Crippen LogP contribution >= 0.6 is 12.2 Å². The maximum absolute atomic E-state index is 11.4. The highest BCUT2D eigenvalue weighted by molar-refractivity contribution is 7.80. The van der Waals surface area contributed by atoms with Crippen molar-refractivity contribution in [1.82, 2.24) is 10.6 Å². The van der Waals surface area contributed by atoms with Crippen LogP contribution in [0.2, 0.25) is 0 Å². The lowest BCUT2D eigenvalue weighted by atomic mass is 10.2. The minimum atomic E-state index is -0.218. The zero-order valence-corrected chi connectivity index (χ0v) is 10.6. The Labute approximate surface area is 110 Å². The van der Waals surface area contributed by atoms with Crippen LogP contribution in [0.3, 0.4) is 0 Å². The minimum absolute atomic E-state index is 0.218. The van der Waals surface area contributed by atoms with Gasteiger partial charge in [0, 0.05) is 5.56 Å². The van der Waals surface area contributed by atoms with Gasteiger partial charge in [-0.05, 0) is 24.4 Å². The number of hydrogen-bond donors (Lipinski definition) is 2. The molecule has 0 atom stereocenters. The van der Waals surface area contributed by atoms with E-state index in [1.165, 1.54) is 0 Å². The van der Waals surface area contributed by atoms with Crippen molar-refractivity contribution in [2.24, 2.45) is 0 Å². The first-order valence-electron chi connectivity index (χ1n) is 5.34. The molecule has 2 N–H and O–H groups in total. The Morgan fingerprint density at radius 1 is 1.28 bits per heavy atom. The highest BCUT2D eigenvalue weighted by Crippen LogP contribution is 2.18. The standard InChI is InChI=1S/C13H12N2O2S/c1-17-11-8-3-2-5-9(11)6-4-7-10-12(16)15-13(18)14-10/h2-8H,1H3,(H2,14,15,16,18)/b6-4+,10-7+. The number of hydrogen-bond acceptors (Lipinski definition) is 3. The van der Waals surface area contributed by atoms with Gasteiger partial charge in [0.1, 0.15) is 11.4 Å². The van der Waals surface area contributed by atoms with Gasteiger partial charge in [0.25, 0.3) is 5.91 Å². The maximum atomic E-state index is 11.4. The quantitative estimate of drug-likeness (QED) is 0.640. The summed E-state index contributed by atoms with van der Waals surface area (Å²) in [5, 5.41) is 5.59. The van der Waals surface area contributed by atoms with E-state index in [4.69, 9.17) is 17.0 Å². The number of para-hydroxylation sites is 1. The molecule has 92 valence electrons. The van der Waals surface area contributed by atoms with Crippen molar-refractivity contribution in [3.8, 4) is 5.75 Å². The number of carbonyl (C=O) groups excluding carboxylic acids is 1. The largest absolute Gasteiger partial charge is 0.496 e. The average Bonchev–Trinajstić information content (AvgIpc) is 2.68. The van der Waals surface area contributed by atoms with Crippen LogP contribution < -0.4 is 15.4 Å². The average molecular weight is 260 g/mol. The van der Waals surface area contributed by atoms with Crippen LogP contribution in [0.5, 0.6) is 5.75 Å². The lowest BCUT2D eigenvalue weighted by Crippen LogP contribution is -2.21. The number of methoxy groups -OCH3 is 1. The summed E-state index contributed by atoms with van der Waals surface area (Å²) >= 11 is 4.83. The molecular formula is C13H12N2O2S. The van der Waals surface area contributed by atoms with E-state index < -0.39 is 0 Å². The van der Waals surface area contributed by atoms with Crippen molar-refractivity contribution in [2.75, 3.05) is 7.11 Å². The molecule has 0 unspecified atom stereocenters. The predicted octanol–water partition coefficient (Wildman–Crippen LogP) is 1.60. The Morgan fingerprint density at radius 2 is 2.06 bits per heavy atom. The molecule has 0 aromatic heterocycles. The van der Waals surface area contributed by atoms with Gasteiger partial charge in [0.15, 0.2) is 5.11 Å². The Kier molecular flexibility index (Phi) is 3.74. The maximum Gasteiger partial charge on any atom is 0.273 e. The number of amides is 1. The lowest BCUT2D eigenvalue weighted by Gasteiger charge is -2.02. The number of allylic oxidation sites excluding steroid dienone is 2. The van der Waals surface area contributed by atoms with Crippen molar-refractivity contribution >= 4 is 29.3 Å². The van der Waals surface area contributed by atoms with Gasteiger partial charge in [-0.1, -0.05) is 30.4 Å². The second-order valence-electron chi connectivity index (χ2n) is 3.59. The van der Waals surface area contributed by atoms with Gasteiger partial charge < -0.3 is 10.1 Å². The normalized spacial score (nSPS) is 17.1. The second-order valence-corrected chi connectivity index (χ2v) is 4.00. The lowest BCUT2D eigenvalue weighted by molar-refractivity contribution is -0.115. The third-order valence-corrected chi connectivity index (χ3v) is 2.60. The molecule has 4 nitrogen and oxygen atoms in total. The van der Waals surface area contributed by atoms with E-state index in [1.54, 1.807) is 19.3 Å². The van der Waals surface area contributed by atoms with Crippen LogP contribution in [0.4, 0.5) is 0 Å². The van der Waals surface area contributed by atoms with E-state index >= 15 is 0 Å². The smallest absolute Gasteiger partial charge is 0.273 e. The summed E-state index contributed by atoms with van der Waals surface area (Å²) in [6, 6.07) is 7.63. The van der Waals surface area contributed by atoms with Crippen molar-refractivity contribution in [3.63, 3.8) is 0 Å². The van der Waals surface area contributed by atoms with Gasteiger partial charge in [0.05, 0.1) is 7.11 Å². The molecule has 0 aliphatic carbocycles. The summed E-state index contributed by atoms with van der Waals surface area (Å²) < 4.78 is 5.22. The molecule has 5 heteroatoms. The number of rotatable bonds is 3. The molecule has 1 saturated heterocycles. The molecule has 2 rings (SSSR count). The first-order chi connectivity index (χ1) is 8.70. The van der Waals surface area contributed by atoms with Crippen LogP contribution in [0, 0.1) is 0 Å². The molecule has 0 saturated carbocycles. The van der Waals surface area contributed by atoms with Crippen LogP contribution in [-0.4, -0.2) is 18.1 Å². The van der Waals surface area contributed by atoms with E-state index in [9.17, 15) is 4.79 Å². The Bertz CT molecular complexity index is 550. The van der Waals surface area contributed by atoms with Crippen LogP contribution in [0.15, 0.2) is 42.1 Å². The first kappa shape index (κ1) is 12.3. The first-order valence-corrected chi connectivity index (χ1v) is 5.75. The Morgan fingerprint density at radius 3 is 2.72 bits per heavy atom. The molecule has 1 aromatic carbocycles. The molecule has 0 radical (unpaired) electrons. The van der Waals surface area contributed by atoms with Crippen molar-refractivity contribution in [3.05, 3.63) is 47.7 Å². The van der Waals surface area contributed by atoms with Gasteiger partial charge in [-0.3, -0.25) is 10.1 Å². The zero-order valence-electron chi connectivity index (χ0n) is 9.77. The van der Waals surface area contributed by atoms with Gasteiger partial charge in [-0.2, -0.15) is 0 Å². The van der Waals surface area contributed by atoms with E-state index in [2.05, 4.69) is 10.6 Å². The SMILES string of the molecule is COc1ccccc1/C=C/C=C1/NC(=S)NC1=O. The molecule has 1 fully saturated rings. The van der Waals surface area contributed by atoms with Crippen molar-refractivity contribution < 1.29 is 9.53 Å². The zero-order chi connectivity index (χ0) is 13.0. The topological polar surface area (TPSA) is 50.4 Å². The van der Waals surface area contributed by atoms with Crippen molar-refractivity contribution in [1.29, 1.82) is 0 Å². The number of carbonyl (C=O) groups is 1. The number of ether oxygens (including phenoxy) is 1. The summed E-state index contributed by atoms with van der Waals surface area (Å²) in [5.41, 5.74) is 1.38. The fourth-order valence-corrected chi connectivity index (χ4v) is 1.75. The summed E-state index contributed by atoms with van der Waals surface area (Å²) in [5.74, 6) is 0.566. The predicted molar refractivity (Wildman–Crippen MR) is 74.0 cm³/mol. The second kappa shape index (κ2) is 5.46. The van der Waals surface area contributed by atoms with E-state index in [0.717, 1.165) is 11.3 Å². The molecule has 1 aliphatic rings. The summed E-state index contributed by atoms with van der Waals surface area (Å²) in [7, 11) is 1.62. The fourth-order valence-electron chi connectivity index (χ4n) is 1.55. The number of benzene rings is 1. The third-order valence-electron chi connectivity index (χ3n) is 2.40.